The molecule has 0 aliphatic rings. The summed E-state index contributed by atoms with van der Waals surface area (Å²) in [5.74, 6) is -1.18. The highest BCUT2D eigenvalue weighted by Gasteiger charge is 2.35. The van der Waals surface area contributed by atoms with Gasteiger partial charge in [0.1, 0.15) is 12.6 Å². The van der Waals surface area contributed by atoms with Gasteiger partial charge in [0.05, 0.1) is 22.5 Å². The Morgan fingerprint density at radius 1 is 1.11 bits per heavy atom. The molecule has 0 unspecified atom stereocenters. The summed E-state index contributed by atoms with van der Waals surface area (Å²) in [5, 5.41) is 2.15. The number of aryl methyl sites for hydroxylation is 1. The van der Waals surface area contributed by atoms with Crippen LogP contribution in [0.5, 0.6) is 0 Å². The molecule has 0 heterocycles. The van der Waals surface area contributed by atoms with E-state index in [9.17, 15) is 31.2 Å². The normalized spacial score (nSPS) is 12.6. The summed E-state index contributed by atoms with van der Waals surface area (Å²) in [6.45, 7) is 4.96. The average molecular weight is 562 g/mol. The summed E-state index contributed by atoms with van der Waals surface area (Å²) in [4.78, 5) is 27.5. The molecule has 0 aromatic heterocycles. The van der Waals surface area contributed by atoms with Crippen LogP contribution in [0.2, 0.25) is 5.02 Å². The van der Waals surface area contributed by atoms with Crippen molar-refractivity contribution in [2.75, 3.05) is 23.7 Å². The molecule has 12 heteroatoms. The van der Waals surface area contributed by atoms with Crippen LogP contribution < -0.4 is 9.62 Å². The van der Waals surface area contributed by atoms with Crippen LogP contribution in [-0.2, 0) is 32.3 Å². The Kier molecular flexibility index (Phi) is 10.4. The standard InChI is InChI=1S/C25H31ClF3N3O4S/c1-5-6-13-30-24(34)18(3)31(15-19-9-7-17(2)8-10-19)23(33)16-32(37(4,35)36)20-11-12-22(26)21(14-20)25(27,28)29/h7-12,14,18H,5-6,13,15-16H2,1-4H3,(H,30,34)/t18-/m0/s1. The van der Waals surface area contributed by atoms with E-state index >= 15 is 0 Å². The predicted octanol–water partition coefficient (Wildman–Crippen LogP) is 4.77. The fourth-order valence-electron chi connectivity index (χ4n) is 3.51. The Hall–Kier alpha value is -2.79. The molecule has 0 aliphatic carbocycles. The molecule has 0 radical (unpaired) electrons. The zero-order chi connectivity index (χ0) is 28.0. The van der Waals surface area contributed by atoms with E-state index in [2.05, 4.69) is 5.32 Å². The Morgan fingerprint density at radius 3 is 2.27 bits per heavy atom. The van der Waals surface area contributed by atoms with Crippen molar-refractivity contribution in [2.24, 2.45) is 0 Å². The topological polar surface area (TPSA) is 86.8 Å². The largest absolute Gasteiger partial charge is 0.417 e. The Labute approximate surface area is 220 Å². The lowest BCUT2D eigenvalue weighted by molar-refractivity contribution is -0.139. The van der Waals surface area contributed by atoms with E-state index in [-0.39, 0.29) is 12.2 Å². The van der Waals surface area contributed by atoms with Gasteiger partial charge in [-0.15, -0.1) is 0 Å². The van der Waals surface area contributed by atoms with Gasteiger partial charge in [0.25, 0.3) is 0 Å². The third-order valence-corrected chi connectivity index (χ3v) is 7.16. The number of nitrogens with zero attached hydrogens (tertiary/aromatic N) is 2. The Bertz CT molecular complexity index is 1200. The first-order chi connectivity index (χ1) is 17.1. The van der Waals surface area contributed by atoms with Gasteiger partial charge in [0.2, 0.25) is 21.8 Å². The summed E-state index contributed by atoms with van der Waals surface area (Å²) < 4.78 is 65.9. The van der Waals surface area contributed by atoms with E-state index in [0.717, 1.165) is 36.8 Å². The van der Waals surface area contributed by atoms with Crippen LogP contribution in [-0.4, -0.2) is 50.5 Å². The van der Waals surface area contributed by atoms with Gasteiger partial charge in [-0.3, -0.25) is 13.9 Å². The van der Waals surface area contributed by atoms with Crippen LogP contribution in [0, 0.1) is 6.92 Å². The van der Waals surface area contributed by atoms with E-state index in [4.69, 9.17) is 11.6 Å². The number of hydrogen-bond acceptors (Lipinski definition) is 4. The summed E-state index contributed by atoms with van der Waals surface area (Å²) in [6, 6.07) is 8.86. The Morgan fingerprint density at radius 2 is 1.73 bits per heavy atom. The fourth-order valence-corrected chi connectivity index (χ4v) is 4.57. The van der Waals surface area contributed by atoms with E-state index < -0.39 is 51.2 Å². The van der Waals surface area contributed by atoms with Crippen molar-refractivity contribution in [1.82, 2.24) is 10.2 Å². The van der Waals surface area contributed by atoms with Gasteiger partial charge in [-0.2, -0.15) is 13.2 Å². The number of halogens is 4. The molecule has 1 atom stereocenters. The third-order valence-electron chi connectivity index (χ3n) is 5.69. The Balaban J connectivity index is 2.43. The lowest BCUT2D eigenvalue weighted by Crippen LogP contribution is -2.51. The van der Waals surface area contributed by atoms with Crippen molar-refractivity contribution in [1.29, 1.82) is 0 Å². The summed E-state index contributed by atoms with van der Waals surface area (Å²) >= 11 is 5.68. The molecule has 2 aromatic carbocycles. The maximum atomic E-state index is 13.5. The van der Waals surface area contributed by atoms with Crippen molar-refractivity contribution < 1.29 is 31.2 Å². The van der Waals surface area contributed by atoms with Crippen LogP contribution in [0.25, 0.3) is 0 Å². The summed E-state index contributed by atoms with van der Waals surface area (Å²) in [6.07, 6.45) is -2.45. The lowest BCUT2D eigenvalue weighted by atomic mass is 10.1. The number of amides is 2. The molecule has 0 fully saturated rings. The molecule has 204 valence electrons. The van der Waals surface area contributed by atoms with Gasteiger partial charge >= 0.3 is 6.18 Å². The molecular formula is C25H31ClF3N3O4S. The van der Waals surface area contributed by atoms with Crippen molar-refractivity contribution in [2.45, 2.75) is 52.4 Å². The number of rotatable bonds is 11. The highest BCUT2D eigenvalue weighted by Crippen LogP contribution is 2.37. The van der Waals surface area contributed by atoms with Gasteiger partial charge < -0.3 is 10.2 Å². The van der Waals surface area contributed by atoms with E-state index in [1.165, 1.54) is 11.8 Å². The molecule has 0 bridgehead atoms. The van der Waals surface area contributed by atoms with Crippen LogP contribution in [0.4, 0.5) is 18.9 Å². The molecule has 37 heavy (non-hydrogen) atoms. The third kappa shape index (κ3) is 8.63. The number of alkyl halides is 3. The monoisotopic (exact) mass is 561 g/mol. The number of sulfonamides is 1. The first kappa shape index (κ1) is 30.4. The number of anilines is 1. The fraction of sp³-hybridized carbons (Fsp3) is 0.440. The molecular weight excluding hydrogens is 531 g/mol. The minimum atomic E-state index is -4.83. The first-order valence-corrected chi connectivity index (χ1v) is 13.8. The highest BCUT2D eigenvalue weighted by molar-refractivity contribution is 7.92. The SMILES string of the molecule is CCCCNC(=O)[C@H](C)N(Cc1ccc(C)cc1)C(=O)CN(c1ccc(Cl)c(C(F)(F)F)c1)S(C)(=O)=O. The van der Waals surface area contributed by atoms with Crippen LogP contribution in [0.1, 0.15) is 43.4 Å². The second-order valence-electron chi connectivity index (χ2n) is 8.76. The highest BCUT2D eigenvalue weighted by atomic mass is 35.5. The zero-order valence-electron chi connectivity index (χ0n) is 21.1. The maximum absolute atomic E-state index is 13.5. The molecule has 0 aliphatic heterocycles. The van der Waals surface area contributed by atoms with Crippen LogP contribution in [0.15, 0.2) is 42.5 Å². The molecule has 1 N–H and O–H groups in total. The minimum Gasteiger partial charge on any atom is -0.354 e. The number of unbranched alkanes of at least 4 members (excludes halogenated alkanes) is 1. The summed E-state index contributed by atoms with van der Waals surface area (Å²) in [7, 11) is -4.19. The minimum absolute atomic E-state index is 0.00645. The van der Waals surface area contributed by atoms with Crippen molar-refractivity contribution >= 4 is 39.1 Å². The van der Waals surface area contributed by atoms with Crippen LogP contribution in [0.3, 0.4) is 0 Å². The van der Waals surface area contributed by atoms with Crippen molar-refractivity contribution in [3.05, 3.63) is 64.2 Å². The van der Waals surface area contributed by atoms with Crippen LogP contribution >= 0.6 is 11.6 Å². The number of benzene rings is 2. The number of hydrogen-bond donors (Lipinski definition) is 1. The number of carbonyl (C=O) groups is 2. The molecule has 0 spiro atoms. The second kappa shape index (κ2) is 12.6. The molecule has 0 saturated carbocycles. The summed E-state index contributed by atoms with van der Waals surface area (Å²) in [5.41, 5.74) is 0.0817. The predicted molar refractivity (Wildman–Crippen MR) is 138 cm³/mol. The average Bonchev–Trinajstić information content (AvgIpc) is 2.80. The van der Waals surface area contributed by atoms with Gasteiger partial charge in [-0.1, -0.05) is 54.8 Å². The molecule has 2 rings (SSSR count). The quantitative estimate of drug-likeness (QED) is 0.401. The molecule has 7 nitrogen and oxygen atoms in total. The molecule has 2 amide bonds. The van der Waals surface area contributed by atoms with Gasteiger partial charge in [0, 0.05) is 13.1 Å². The maximum Gasteiger partial charge on any atom is 0.417 e. The zero-order valence-corrected chi connectivity index (χ0v) is 22.7. The van der Waals surface area contributed by atoms with Crippen molar-refractivity contribution in [3.8, 4) is 0 Å². The smallest absolute Gasteiger partial charge is 0.354 e. The van der Waals surface area contributed by atoms with Gasteiger partial charge in [-0.05, 0) is 44.0 Å². The lowest BCUT2D eigenvalue weighted by Gasteiger charge is -2.31. The number of carbonyl (C=O) groups excluding carboxylic acids is 2. The first-order valence-electron chi connectivity index (χ1n) is 11.6. The molecule has 0 saturated heterocycles. The van der Waals surface area contributed by atoms with E-state index in [1.807, 2.05) is 26.0 Å². The van der Waals surface area contributed by atoms with Crippen molar-refractivity contribution in [3.63, 3.8) is 0 Å². The second-order valence-corrected chi connectivity index (χ2v) is 11.1. The van der Waals surface area contributed by atoms with E-state index in [0.29, 0.717) is 22.5 Å². The van der Waals surface area contributed by atoms with E-state index in [1.54, 1.807) is 12.1 Å². The number of nitrogens with one attached hydrogen (secondary N) is 1. The van der Waals surface area contributed by atoms with Gasteiger partial charge in [-0.25, -0.2) is 8.42 Å². The van der Waals surface area contributed by atoms with Gasteiger partial charge in [0.15, 0.2) is 0 Å². The molecule has 2 aromatic rings.